The van der Waals surface area contributed by atoms with Gasteiger partial charge in [-0.2, -0.15) is 5.26 Å². The van der Waals surface area contributed by atoms with E-state index in [2.05, 4.69) is 32.2 Å². The molecule has 0 fully saturated rings. The average Bonchev–Trinajstić information content (AvgIpc) is 2.91. The largest absolute Gasteiger partial charge is 0.355 e. The first kappa shape index (κ1) is 27.6. The molecule has 13 heteroatoms. The van der Waals surface area contributed by atoms with Gasteiger partial charge in [-0.1, -0.05) is 53.0 Å². The SMILES string of the molecule is Cc1cc(C(C#N)c2ccc(Cl)cc2)c(Cl)cc1Nc1ncnc(NNC(=O)c2ccc(Cl)cc2)c1[N+](=O)[O-]. The summed E-state index contributed by atoms with van der Waals surface area (Å²) >= 11 is 18.4. The molecular weight excluding hydrogens is 565 g/mol. The van der Waals surface area contributed by atoms with E-state index in [0.29, 0.717) is 32.4 Å². The van der Waals surface area contributed by atoms with Crippen LogP contribution >= 0.6 is 34.8 Å². The summed E-state index contributed by atoms with van der Waals surface area (Å²) in [5.74, 6) is -1.59. The summed E-state index contributed by atoms with van der Waals surface area (Å²) in [4.78, 5) is 31.6. The van der Waals surface area contributed by atoms with Gasteiger partial charge < -0.3 is 5.32 Å². The van der Waals surface area contributed by atoms with Gasteiger partial charge in [0.25, 0.3) is 5.91 Å². The quantitative estimate of drug-likeness (QED) is 0.152. The van der Waals surface area contributed by atoms with Crippen LogP contribution in [-0.2, 0) is 0 Å². The summed E-state index contributed by atoms with van der Waals surface area (Å²) in [6.45, 7) is 1.76. The summed E-state index contributed by atoms with van der Waals surface area (Å²) in [7, 11) is 0. The van der Waals surface area contributed by atoms with Crippen molar-refractivity contribution >= 4 is 63.7 Å². The van der Waals surface area contributed by atoms with E-state index in [9.17, 15) is 20.2 Å². The second-order valence-electron chi connectivity index (χ2n) is 8.19. The minimum atomic E-state index is -0.684. The van der Waals surface area contributed by atoms with E-state index in [1.165, 1.54) is 12.1 Å². The van der Waals surface area contributed by atoms with Crippen molar-refractivity contribution in [1.82, 2.24) is 15.4 Å². The Labute approximate surface area is 237 Å². The number of aryl methyl sites for hydroxylation is 1. The van der Waals surface area contributed by atoms with E-state index in [4.69, 9.17) is 34.8 Å². The number of amides is 1. The lowest BCUT2D eigenvalue weighted by atomic mass is 9.91. The Morgan fingerprint density at radius 1 is 1.00 bits per heavy atom. The number of carbonyl (C=O) groups excluding carboxylic acids is 1. The molecule has 4 rings (SSSR count). The number of hydrogen-bond acceptors (Lipinski definition) is 8. The lowest BCUT2D eigenvalue weighted by Crippen LogP contribution is -2.30. The van der Waals surface area contributed by atoms with Crippen LogP contribution < -0.4 is 16.2 Å². The van der Waals surface area contributed by atoms with Gasteiger partial charge >= 0.3 is 5.69 Å². The molecule has 39 heavy (non-hydrogen) atoms. The minimum Gasteiger partial charge on any atom is -0.334 e. The Morgan fingerprint density at radius 3 is 2.23 bits per heavy atom. The molecule has 0 aliphatic heterocycles. The van der Waals surface area contributed by atoms with Crippen LogP contribution in [0.1, 0.15) is 33.0 Å². The van der Waals surface area contributed by atoms with Gasteiger partial charge in [0.05, 0.1) is 16.9 Å². The molecular formula is C26H18Cl3N7O3. The van der Waals surface area contributed by atoms with Crippen LogP contribution in [0.5, 0.6) is 0 Å². The summed E-state index contributed by atoms with van der Waals surface area (Å²) in [5.41, 5.74) is 6.98. The van der Waals surface area contributed by atoms with Gasteiger partial charge in [0, 0.05) is 26.3 Å². The van der Waals surface area contributed by atoms with Gasteiger partial charge in [-0.3, -0.25) is 25.8 Å². The number of nitrogens with one attached hydrogen (secondary N) is 3. The second kappa shape index (κ2) is 12.0. The maximum absolute atomic E-state index is 12.4. The van der Waals surface area contributed by atoms with Crippen molar-refractivity contribution in [3.05, 3.63) is 114 Å². The van der Waals surface area contributed by atoms with Crippen molar-refractivity contribution in [2.24, 2.45) is 0 Å². The Bertz CT molecular complexity index is 1590. The molecule has 0 aliphatic carbocycles. The van der Waals surface area contributed by atoms with E-state index < -0.39 is 22.4 Å². The number of anilines is 3. The number of nitriles is 1. The van der Waals surface area contributed by atoms with Crippen LogP contribution in [-0.4, -0.2) is 20.8 Å². The standard InChI is InChI=1S/C26H18Cl3N7O3/c1-14-10-19(20(12-30)15-2-6-17(27)7-3-15)21(29)11-22(14)33-24-23(36(38)39)25(32-13-31-24)34-35-26(37)16-4-8-18(28)9-5-16/h2-11,13,20H,1H3,(H,35,37)(H2,31,32,33,34). The highest BCUT2D eigenvalue weighted by atomic mass is 35.5. The highest BCUT2D eigenvalue weighted by Crippen LogP contribution is 2.37. The number of hydrazine groups is 1. The maximum Gasteiger partial charge on any atom is 0.355 e. The normalized spacial score (nSPS) is 11.3. The van der Waals surface area contributed by atoms with Crippen LogP contribution in [0.25, 0.3) is 0 Å². The maximum atomic E-state index is 12.4. The number of rotatable bonds is 8. The smallest absolute Gasteiger partial charge is 0.334 e. The van der Waals surface area contributed by atoms with Crippen LogP contribution in [0.4, 0.5) is 23.0 Å². The lowest BCUT2D eigenvalue weighted by Gasteiger charge is -2.17. The molecule has 1 unspecified atom stereocenters. The zero-order valence-electron chi connectivity index (χ0n) is 20.1. The van der Waals surface area contributed by atoms with Gasteiger partial charge in [0.1, 0.15) is 6.33 Å². The van der Waals surface area contributed by atoms with Crippen molar-refractivity contribution in [1.29, 1.82) is 5.26 Å². The molecule has 196 valence electrons. The summed E-state index contributed by atoms with van der Waals surface area (Å²) < 4.78 is 0. The number of carbonyl (C=O) groups is 1. The summed E-state index contributed by atoms with van der Waals surface area (Å²) in [6.07, 6.45) is 1.10. The average molecular weight is 583 g/mol. The van der Waals surface area contributed by atoms with Gasteiger partial charge in [0.15, 0.2) is 0 Å². The molecule has 0 aliphatic rings. The van der Waals surface area contributed by atoms with E-state index in [-0.39, 0.29) is 22.2 Å². The van der Waals surface area contributed by atoms with E-state index >= 15 is 0 Å². The Balaban J connectivity index is 1.60. The molecule has 0 spiro atoms. The number of benzene rings is 3. The third kappa shape index (κ3) is 6.35. The molecule has 4 aromatic rings. The third-order valence-electron chi connectivity index (χ3n) is 5.65. The van der Waals surface area contributed by atoms with Crippen molar-refractivity contribution in [3.8, 4) is 6.07 Å². The second-order valence-corrected chi connectivity index (χ2v) is 9.47. The fourth-order valence-corrected chi connectivity index (χ4v) is 4.21. The Hall–Kier alpha value is -4.43. The van der Waals surface area contributed by atoms with E-state index in [1.54, 1.807) is 55.5 Å². The molecule has 3 N–H and O–H groups in total. The minimum absolute atomic E-state index is 0.139. The monoisotopic (exact) mass is 581 g/mol. The fraction of sp³-hybridized carbons (Fsp3) is 0.0769. The number of aromatic nitrogens is 2. The molecule has 0 radical (unpaired) electrons. The van der Waals surface area contributed by atoms with Crippen molar-refractivity contribution in [2.45, 2.75) is 12.8 Å². The van der Waals surface area contributed by atoms with Gasteiger partial charge in [-0.25, -0.2) is 9.97 Å². The molecule has 3 aromatic carbocycles. The Morgan fingerprint density at radius 2 is 1.62 bits per heavy atom. The van der Waals surface area contributed by atoms with Crippen molar-refractivity contribution in [2.75, 3.05) is 10.7 Å². The van der Waals surface area contributed by atoms with Crippen molar-refractivity contribution in [3.63, 3.8) is 0 Å². The van der Waals surface area contributed by atoms with Crippen molar-refractivity contribution < 1.29 is 9.72 Å². The number of nitrogens with zero attached hydrogens (tertiary/aromatic N) is 4. The van der Waals surface area contributed by atoms with Crippen LogP contribution in [0.3, 0.4) is 0 Å². The number of halogens is 3. The first-order chi connectivity index (χ1) is 18.7. The molecule has 0 saturated carbocycles. The van der Waals surface area contributed by atoms with E-state index in [0.717, 1.165) is 6.33 Å². The molecule has 1 atom stereocenters. The number of hydrogen-bond donors (Lipinski definition) is 3. The van der Waals surface area contributed by atoms with Crippen LogP contribution in [0.2, 0.25) is 15.1 Å². The van der Waals surface area contributed by atoms with Gasteiger partial charge in [0.2, 0.25) is 11.6 Å². The van der Waals surface area contributed by atoms with Crippen LogP contribution in [0, 0.1) is 28.4 Å². The predicted octanol–water partition coefficient (Wildman–Crippen LogP) is 6.81. The predicted molar refractivity (Wildman–Crippen MR) is 150 cm³/mol. The molecule has 1 aromatic heterocycles. The molecule has 10 nitrogen and oxygen atoms in total. The first-order valence-corrected chi connectivity index (χ1v) is 12.3. The summed E-state index contributed by atoms with van der Waals surface area (Å²) in [5, 5.41) is 26.0. The highest BCUT2D eigenvalue weighted by Gasteiger charge is 2.25. The molecule has 0 bridgehead atoms. The van der Waals surface area contributed by atoms with E-state index in [1.807, 2.05) is 0 Å². The summed E-state index contributed by atoms with van der Waals surface area (Å²) in [6, 6.07) is 18.5. The molecule has 1 amide bonds. The third-order valence-corrected chi connectivity index (χ3v) is 6.48. The zero-order valence-corrected chi connectivity index (χ0v) is 22.3. The zero-order chi connectivity index (χ0) is 28.1. The number of nitro groups is 1. The fourth-order valence-electron chi connectivity index (χ4n) is 3.69. The first-order valence-electron chi connectivity index (χ1n) is 11.2. The molecule has 1 heterocycles. The van der Waals surface area contributed by atoms with Crippen LogP contribution in [0.15, 0.2) is 67.0 Å². The Kier molecular flexibility index (Phi) is 8.46. The highest BCUT2D eigenvalue weighted by molar-refractivity contribution is 6.32. The lowest BCUT2D eigenvalue weighted by molar-refractivity contribution is -0.383. The van der Waals surface area contributed by atoms with Gasteiger partial charge in [-0.05, 0) is 66.1 Å². The molecule has 0 saturated heterocycles. The van der Waals surface area contributed by atoms with Gasteiger partial charge in [-0.15, -0.1) is 0 Å². The topological polar surface area (TPSA) is 146 Å².